The predicted molar refractivity (Wildman–Crippen MR) is 106 cm³/mol. The summed E-state index contributed by atoms with van der Waals surface area (Å²) in [6.45, 7) is 0. The predicted octanol–water partition coefficient (Wildman–Crippen LogP) is 4.43. The number of H-pyrrole nitrogens is 1. The van der Waals surface area contributed by atoms with Crippen LogP contribution in [0, 0.1) is 0 Å². The van der Waals surface area contributed by atoms with Crippen LogP contribution in [0.5, 0.6) is 5.75 Å². The lowest BCUT2D eigenvalue weighted by atomic mass is 9.96. The van der Waals surface area contributed by atoms with Crippen molar-refractivity contribution in [3.8, 4) is 17.0 Å². The van der Waals surface area contributed by atoms with Crippen molar-refractivity contribution in [1.29, 1.82) is 0 Å². The number of nitrogens with one attached hydrogen (secondary N) is 1. The second-order valence-electron chi connectivity index (χ2n) is 6.18. The third kappa shape index (κ3) is 3.02. The topological polar surface area (TPSA) is 59.2 Å². The number of benzene rings is 3. The minimum atomic E-state index is -0.310. The first kappa shape index (κ1) is 16.8. The smallest absolute Gasteiger partial charge is 0.201 e. The van der Waals surface area contributed by atoms with Gasteiger partial charge in [0.05, 0.1) is 23.9 Å². The minimum absolute atomic E-state index is 0.133. The largest absolute Gasteiger partial charge is 0.497 e. The molecule has 4 rings (SSSR count). The molecule has 0 amide bonds. The number of fused-ring (bicyclic) bond motifs is 1. The molecule has 132 valence electrons. The van der Waals surface area contributed by atoms with Crippen molar-refractivity contribution in [3.63, 3.8) is 0 Å². The molecule has 4 aromatic rings. The summed E-state index contributed by atoms with van der Waals surface area (Å²) in [5.74, 6) is 0.263. The quantitative estimate of drug-likeness (QED) is 0.551. The summed E-state index contributed by atoms with van der Waals surface area (Å²) in [7, 11) is 1.55. The van der Waals surface area contributed by atoms with E-state index in [2.05, 4.69) is 4.98 Å². The standard InChI is InChI=1S/C23H17NO3/c1-27-17-12-13-19-18(14-17)23(26)20(22(25)16-10-6-3-7-11-16)21(24-19)15-8-4-2-5-9-15/h2-14H,1H3,(H,24,26). The van der Waals surface area contributed by atoms with Gasteiger partial charge in [0.1, 0.15) is 5.75 Å². The Kier molecular flexibility index (Phi) is 4.30. The van der Waals surface area contributed by atoms with E-state index < -0.39 is 0 Å². The molecule has 0 bridgehead atoms. The fraction of sp³-hybridized carbons (Fsp3) is 0.0435. The highest BCUT2D eigenvalue weighted by Crippen LogP contribution is 2.26. The molecule has 0 aliphatic rings. The van der Waals surface area contributed by atoms with Crippen LogP contribution in [-0.4, -0.2) is 17.9 Å². The van der Waals surface area contributed by atoms with E-state index in [-0.39, 0.29) is 16.8 Å². The van der Waals surface area contributed by atoms with Crippen LogP contribution < -0.4 is 10.2 Å². The van der Waals surface area contributed by atoms with E-state index in [4.69, 9.17) is 4.74 Å². The van der Waals surface area contributed by atoms with Crippen molar-refractivity contribution in [3.05, 3.63) is 100 Å². The number of rotatable bonds is 4. The Balaban J connectivity index is 2.05. The Morgan fingerprint density at radius 2 is 1.56 bits per heavy atom. The number of pyridine rings is 1. The first-order valence-electron chi connectivity index (χ1n) is 8.58. The van der Waals surface area contributed by atoms with Gasteiger partial charge in [-0.2, -0.15) is 0 Å². The fourth-order valence-electron chi connectivity index (χ4n) is 3.16. The van der Waals surface area contributed by atoms with E-state index in [1.165, 1.54) is 0 Å². The molecule has 0 spiro atoms. The average Bonchev–Trinajstić information content (AvgIpc) is 2.74. The summed E-state index contributed by atoms with van der Waals surface area (Å²) in [5, 5.41) is 0.424. The molecule has 1 aromatic heterocycles. The number of aromatic amines is 1. The summed E-state index contributed by atoms with van der Waals surface area (Å²) >= 11 is 0. The van der Waals surface area contributed by atoms with Crippen molar-refractivity contribution in [2.75, 3.05) is 7.11 Å². The Bertz CT molecular complexity index is 1180. The van der Waals surface area contributed by atoms with Crippen molar-refractivity contribution >= 4 is 16.7 Å². The van der Waals surface area contributed by atoms with Gasteiger partial charge in [0.15, 0.2) is 5.78 Å². The highest BCUT2D eigenvalue weighted by molar-refractivity contribution is 6.13. The minimum Gasteiger partial charge on any atom is -0.497 e. The number of aromatic nitrogens is 1. The number of methoxy groups -OCH3 is 1. The molecule has 0 aliphatic heterocycles. The van der Waals surface area contributed by atoms with Crippen LogP contribution in [0.2, 0.25) is 0 Å². The van der Waals surface area contributed by atoms with E-state index in [1.807, 2.05) is 36.4 Å². The molecule has 0 radical (unpaired) electrons. The Morgan fingerprint density at radius 3 is 2.22 bits per heavy atom. The molecule has 4 heteroatoms. The van der Waals surface area contributed by atoms with Crippen LogP contribution in [0.4, 0.5) is 0 Å². The van der Waals surface area contributed by atoms with E-state index in [0.717, 1.165) is 5.56 Å². The van der Waals surface area contributed by atoms with Crippen LogP contribution >= 0.6 is 0 Å². The maximum atomic E-state index is 13.3. The molecule has 1 heterocycles. The molecule has 0 saturated carbocycles. The fourth-order valence-corrected chi connectivity index (χ4v) is 3.16. The van der Waals surface area contributed by atoms with Gasteiger partial charge in [0.2, 0.25) is 5.43 Å². The van der Waals surface area contributed by atoms with E-state index in [1.54, 1.807) is 49.6 Å². The van der Waals surface area contributed by atoms with Gasteiger partial charge in [0.25, 0.3) is 0 Å². The molecular formula is C23H17NO3. The molecule has 0 aliphatic carbocycles. The van der Waals surface area contributed by atoms with Crippen molar-refractivity contribution in [2.24, 2.45) is 0 Å². The second kappa shape index (κ2) is 6.92. The van der Waals surface area contributed by atoms with Crippen molar-refractivity contribution in [1.82, 2.24) is 4.98 Å². The van der Waals surface area contributed by atoms with Crippen molar-refractivity contribution < 1.29 is 9.53 Å². The second-order valence-corrected chi connectivity index (χ2v) is 6.18. The molecule has 1 N–H and O–H groups in total. The van der Waals surface area contributed by atoms with Crippen molar-refractivity contribution in [2.45, 2.75) is 0 Å². The average molecular weight is 355 g/mol. The zero-order valence-corrected chi connectivity index (χ0v) is 14.7. The van der Waals surface area contributed by atoms with Gasteiger partial charge in [-0.1, -0.05) is 60.7 Å². The van der Waals surface area contributed by atoms with E-state index in [9.17, 15) is 9.59 Å². The van der Waals surface area contributed by atoms with Gasteiger partial charge in [-0.25, -0.2) is 0 Å². The van der Waals surface area contributed by atoms with Gasteiger partial charge in [0, 0.05) is 10.9 Å². The first-order valence-corrected chi connectivity index (χ1v) is 8.58. The molecule has 4 nitrogen and oxygen atoms in total. The van der Waals surface area contributed by atoms with Gasteiger partial charge in [-0.05, 0) is 23.8 Å². The Hall–Kier alpha value is -3.66. The van der Waals surface area contributed by atoms with Gasteiger partial charge in [-0.15, -0.1) is 0 Å². The van der Waals surface area contributed by atoms with Gasteiger partial charge in [-0.3, -0.25) is 9.59 Å². The number of ketones is 1. The summed E-state index contributed by atoms with van der Waals surface area (Å²) in [6, 6.07) is 23.5. The zero-order chi connectivity index (χ0) is 18.8. The highest BCUT2D eigenvalue weighted by atomic mass is 16.5. The maximum absolute atomic E-state index is 13.3. The number of carbonyl (C=O) groups excluding carboxylic acids is 1. The lowest BCUT2D eigenvalue weighted by Crippen LogP contribution is -2.19. The van der Waals surface area contributed by atoms with Crippen LogP contribution in [0.3, 0.4) is 0 Å². The number of hydrogen-bond acceptors (Lipinski definition) is 3. The number of carbonyl (C=O) groups is 1. The molecule has 27 heavy (non-hydrogen) atoms. The summed E-state index contributed by atoms with van der Waals surface area (Å²) < 4.78 is 5.24. The van der Waals surface area contributed by atoms with E-state index >= 15 is 0 Å². The van der Waals surface area contributed by atoms with Crippen LogP contribution in [-0.2, 0) is 0 Å². The van der Waals surface area contributed by atoms with Crippen LogP contribution in [0.25, 0.3) is 22.2 Å². The summed E-state index contributed by atoms with van der Waals surface area (Å²) in [5.41, 5.74) is 2.26. The first-order chi connectivity index (χ1) is 13.2. The van der Waals surface area contributed by atoms with E-state index in [0.29, 0.717) is 27.9 Å². The molecule has 0 atom stereocenters. The normalized spacial score (nSPS) is 10.7. The lowest BCUT2D eigenvalue weighted by molar-refractivity contribution is 0.103. The molecule has 3 aromatic carbocycles. The highest BCUT2D eigenvalue weighted by Gasteiger charge is 2.21. The molecule has 0 unspecified atom stereocenters. The third-order valence-electron chi connectivity index (χ3n) is 4.53. The maximum Gasteiger partial charge on any atom is 0.201 e. The number of ether oxygens (including phenoxy) is 1. The SMILES string of the molecule is COc1ccc2[nH]c(-c3ccccc3)c(C(=O)c3ccccc3)c(=O)c2c1. The monoisotopic (exact) mass is 355 g/mol. The summed E-state index contributed by atoms with van der Waals surface area (Å²) in [4.78, 5) is 29.8. The molecular weight excluding hydrogens is 338 g/mol. The van der Waals surface area contributed by atoms with Gasteiger partial charge >= 0.3 is 0 Å². The Labute approximate surface area is 156 Å². The number of hydrogen-bond donors (Lipinski definition) is 1. The molecule has 0 fully saturated rings. The third-order valence-corrected chi connectivity index (χ3v) is 4.53. The lowest BCUT2D eigenvalue weighted by Gasteiger charge is -2.12. The van der Waals surface area contributed by atoms with Crippen LogP contribution in [0.15, 0.2) is 83.7 Å². The summed E-state index contributed by atoms with van der Waals surface area (Å²) in [6.07, 6.45) is 0. The van der Waals surface area contributed by atoms with Crippen LogP contribution in [0.1, 0.15) is 15.9 Å². The Morgan fingerprint density at radius 1 is 0.889 bits per heavy atom. The van der Waals surface area contributed by atoms with Gasteiger partial charge < -0.3 is 9.72 Å². The molecule has 0 saturated heterocycles. The zero-order valence-electron chi connectivity index (χ0n) is 14.7.